The van der Waals surface area contributed by atoms with Crippen molar-refractivity contribution in [2.45, 2.75) is 20.0 Å². The number of carbonyl (C=O) groups excluding carboxylic acids is 2. The molecule has 0 bridgehead atoms. The maximum absolute atomic E-state index is 14.6. The van der Waals surface area contributed by atoms with Gasteiger partial charge in [-0.05, 0) is 30.7 Å². The van der Waals surface area contributed by atoms with Gasteiger partial charge in [-0.15, -0.1) is 0 Å². The number of anilines is 2. The van der Waals surface area contributed by atoms with Crippen LogP contribution in [0, 0.1) is 11.2 Å². The fraction of sp³-hybridized carbons (Fsp3) is 0.389. The number of nitrogens with one attached hydrogen (secondary N) is 2. The highest BCUT2D eigenvalue weighted by Crippen LogP contribution is 2.30. The Kier molecular flexibility index (Phi) is 4.92. The number of hydrogen-bond acceptors (Lipinski definition) is 5. The molecule has 2 amide bonds. The molecule has 2 aliphatic rings. The molecule has 26 heavy (non-hydrogen) atoms. The molecule has 138 valence electrons. The van der Waals surface area contributed by atoms with E-state index in [1.165, 1.54) is 17.9 Å². The lowest BCUT2D eigenvalue weighted by atomic mass is 10.2. The van der Waals surface area contributed by atoms with Crippen LogP contribution in [0.2, 0.25) is 0 Å². The number of hydrogen-bond donors (Lipinski definition) is 2. The molecule has 1 aromatic carbocycles. The van der Waals surface area contributed by atoms with E-state index >= 15 is 0 Å². The summed E-state index contributed by atoms with van der Waals surface area (Å²) >= 11 is 0. The van der Waals surface area contributed by atoms with Crippen molar-refractivity contribution in [2.75, 3.05) is 36.0 Å². The Bertz CT molecular complexity index is 793. The third kappa shape index (κ3) is 3.54. The fourth-order valence-electron chi connectivity index (χ4n) is 3.10. The predicted octanol–water partition coefficient (Wildman–Crippen LogP) is 2.07. The molecule has 0 spiro atoms. The van der Waals surface area contributed by atoms with E-state index in [0.29, 0.717) is 30.2 Å². The van der Waals surface area contributed by atoms with Crippen molar-refractivity contribution in [3.8, 4) is 0 Å². The Morgan fingerprint density at radius 3 is 2.85 bits per heavy atom. The minimum absolute atomic E-state index is 0.202. The van der Waals surface area contributed by atoms with Crippen LogP contribution >= 0.6 is 0 Å². The molecule has 0 radical (unpaired) electrons. The zero-order chi connectivity index (χ0) is 18.8. The Balaban J connectivity index is 1.73. The van der Waals surface area contributed by atoms with E-state index in [1.807, 2.05) is 13.0 Å². The van der Waals surface area contributed by atoms with Crippen LogP contribution in [0.5, 0.6) is 0 Å². The lowest BCUT2D eigenvalue weighted by Crippen LogP contribution is -2.33. The lowest BCUT2D eigenvalue weighted by Gasteiger charge is -2.20. The highest BCUT2D eigenvalue weighted by atomic mass is 19.1. The number of halogens is 1. The normalized spacial score (nSPS) is 21.5. The molecule has 1 unspecified atom stereocenters. The van der Waals surface area contributed by atoms with Crippen LogP contribution in [-0.4, -0.2) is 50.0 Å². The number of cyclic esters (lactones) is 1. The number of allylic oxidation sites excluding steroid dienone is 1. The first kappa shape index (κ1) is 17.9. The van der Waals surface area contributed by atoms with Crippen LogP contribution in [0.1, 0.15) is 13.8 Å². The Labute approximate surface area is 150 Å². The second-order valence-corrected chi connectivity index (χ2v) is 6.34. The van der Waals surface area contributed by atoms with Gasteiger partial charge in [0.1, 0.15) is 11.9 Å². The quantitative estimate of drug-likeness (QED) is 0.861. The molecule has 0 aromatic heterocycles. The molecule has 0 saturated carbocycles. The largest absolute Gasteiger partial charge is 0.442 e. The second kappa shape index (κ2) is 7.15. The SMILES string of the molecule is C/C=C1/CN(c2ccc(N3CC(CNC(C)=O)OC3=O)cc2F)CC1=N. The molecule has 2 fully saturated rings. The van der Waals surface area contributed by atoms with E-state index in [9.17, 15) is 14.0 Å². The number of benzene rings is 1. The average Bonchev–Trinajstić information content (AvgIpc) is 3.15. The summed E-state index contributed by atoms with van der Waals surface area (Å²) in [7, 11) is 0. The van der Waals surface area contributed by atoms with Gasteiger partial charge in [-0.2, -0.15) is 0 Å². The van der Waals surface area contributed by atoms with E-state index in [-0.39, 0.29) is 19.0 Å². The zero-order valence-corrected chi connectivity index (χ0v) is 14.7. The summed E-state index contributed by atoms with van der Waals surface area (Å²) in [6.45, 7) is 4.58. The van der Waals surface area contributed by atoms with Crippen molar-refractivity contribution in [3.63, 3.8) is 0 Å². The summed E-state index contributed by atoms with van der Waals surface area (Å²) in [5.74, 6) is -0.655. The van der Waals surface area contributed by atoms with Crippen LogP contribution in [0.15, 0.2) is 29.8 Å². The first-order chi connectivity index (χ1) is 12.4. The fourth-order valence-corrected chi connectivity index (χ4v) is 3.10. The number of amides is 2. The first-order valence-electron chi connectivity index (χ1n) is 8.39. The van der Waals surface area contributed by atoms with E-state index < -0.39 is 18.0 Å². The standard InChI is InChI=1S/C18H21FN4O3/c1-3-12-8-22(10-16(12)20)17-5-4-13(6-15(17)19)23-9-14(26-18(23)25)7-21-11(2)24/h3-6,14,20H,7-10H2,1-2H3,(H,21,24)/b12-3-,20-16?. The predicted molar refractivity (Wildman–Crippen MR) is 96.4 cm³/mol. The highest BCUT2D eigenvalue weighted by Gasteiger charge is 2.33. The molecular weight excluding hydrogens is 339 g/mol. The average molecular weight is 360 g/mol. The molecule has 8 heteroatoms. The molecule has 0 aliphatic carbocycles. The van der Waals surface area contributed by atoms with Gasteiger partial charge in [0.25, 0.3) is 0 Å². The maximum Gasteiger partial charge on any atom is 0.414 e. The number of ether oxygens (including phenoxy) is 1. The molecule has 2 N–H and O–H groups in total. The van der Waals surface area contributed by atoms with Crippen LogP contribution in [0.25, 0.3) is 0 Å². The molecule has 1 aromatic rings. The maximum atomic E-state index is 14.6. The summed E-state index contributed by atoms with van der Waals surface area (Å²) in [5, 5.41) is 10.5. The van der Waals surface area contributed by atoms with Crippen molar-refractivity contribution >= 4 is 29.1 Å². The van der Waals surface area contributed by atoms with E-state index in [1.54, 1.807) is 17.0 Å². The minimum Gasteiger partial charge on any atom is -0.442 e. The van der Waals surface area contributed by atoms with Crippen LogP contribution in [0.4, 0.5) is 20.6 Å². The van der Waals surface area contributed by atoms with Crippen LogP contribution in [0.3, 0.4) is 0 Å². The molecule has 2 saturated heterocycles. The molecule has 3 rings (SSSR count). The molecule has 2 aliphatic heterocycles. The molecule has 2 heterocycles. The van der Waals surface area contributed by atoms with Crippen molar-refractivity contribution in [1.82, 2.24) is 5.32 Å². The first-order valence-corrected chi connectivity index (χ1v) is 8.39. The van der Waals surface area contributed by atoms with Crippen molar-refractivity contribution in [3.05, 3.63) is 35.7 Å². The van der Waals surface area contributed by atoms with Crippen molar-refractivity contribution in [2.24, 2.45) is 0 Å². The van der Waals surface area contributed by atoms with E-state index in [4.69, 9.17) is 10.1 Å². The monoisotopic (exact) mass is 360 g/mol. The Hall–Kier alpha value is -2.90. The van der Waals surface area contributed by atoms with Crippen molar-refractivity contribution in [1.29, 1.82) is 5.41 Å². The smallest absolute Gasteiger partial charge is 0.414 e. The summed E-state index contributed by atoms with van der Waals surface area (Å²) in [6, 6.07) is 4.58. The molecule has 7 nitrogen and oxygen atoms in total. The van der Waals surface area contributed by atoms with Crippen molar-refractivity contribution < 1.29 is 18.7 Å². The van der Waals surface area contributed by atoms with Gasteiger partial charge >= 0.3 is 6.09 Å². The minimum atomic E-state index is -0.563. The third-order valence-electron chi connectivity index (χ3n) is 4.48. The summed E-state index contributed by atoms with van der Waals surface area (Å²) in [4.78, 5) is 26.1. The van der Waals surface area contributed by atoms with Gasteiger partial charge in [0.15, 0.2) is 0 Å². The lowest BCUT2D eigenvalue weighted by molar-refractivity contribution is -0.119. The molecule has 1 atom stereocenters. The van der Waals surface area contributed by atoms with Crippen LogP contribution in [-0.2, 0) is 9.53 Å². The molecular formula is C18H21FN4O3. The topological polar surface area (TPSA) is 85.7 Å². The highest BCUT2D eigenvalue weighted by molar-refractivity contribution is 6.04. The summed E-state index contributed by atoms with van der Waals surface area (Å²) < 4.78 is 19.8. The summed E-state index contributed by atoms with van der Waals surface area (Å²) in [6.07, 6.45) is 0.835. The van der Waals surface area contributed by atoms with Gasteiger partial charge in [0, 0.05) is 13.5 Å². The van der Waals surface area contributed by atoms with Gasteiger partial charge in [-0.25, -0.2) is 9.18 Å². The van der Waals surface area contributed by atoms with Crippen LogP contribution < -0.4 is 15.1 Å². The van der Waals surface area contributed by atoms with Gasteiger partial charge in [-0.3, -0.25) is 9.69 Å². The van der Waals surface area contributed by atoms with E-state index in [2.05, 4.69) is 5.32 Å². The zero-order valence-electron chi connectivity index (χ0n) is 14.7. The second-order valence-electron chi connectivity index (χ2n) is 6.34. The number of rotatable bonds is 4. The van der Waals surface area contributed by atoms with Gasteiger partial charge < -0.3 is 20.4 Å². The number of carbonyl (C=O) groups is 2. The van der Waals surface area contributed by atoms with Gasteiger partial charge in [0.2, 0.25) is 5.91 Å². The summed E-state index contributed by atoms with van der Waals surface area (Å²) in [5.41, 5.74) is 2.18. The van der Waals surface area contributed by atoms with Gasteiger partial charge in [-0.1, -0.05) is 6.08 Å². The third-order valence-corrected chi connectivity index (χ3v) is 4.48. The number of nitrogens with zero attached hydrogens (tertiary/aromatic N) is 2. The van der Waals surface area contributed by atoms with Gasteiger partial charge in [0.05, 0.1) is 36.7 Å². The Morgan fingerprint density at radius 2 is 2.23 bits per heavy atom. The Morgan fingerprint density at radius 1 is 1.46 bits per heavy atom. The van der Waals surface area contributed by atoms with E-state index in [0.717, 1.165) is 5.57 Å².